The summed E-state index contributed by atoms with van der Waals surface area (Å²) in [6.07, 6.45) is -0.589. The van der Waals surface area contributed by atoms with Crippen LogP contribution in [0.4, 0.5) is 0 Å². The molecule has 106 valence electrons. The quantitative estimate of drug-likeness (QED) is 0.892. The van der Waals surface area contributed by atoms with Gasteiger partial charge in [0.1, 0.15) is 0 Å². The number of hydrogen-bond acceptors (Lipinski definition) is 2. The highest BCUT2D eigenvalue weighted by Gasteiger charge is 2.23. The van der Waals surface area contributed by atoms with E-state index in [0.717, 1.165) is 26.7 Å². The van der Waals surface area contributed by atoms with Gasteiger partial charge < -0.3 is 10.8 Å². The van der Waals surface area contributed by atoms with Crippen molar-refractivity contribution in [2.75, 3.05) is 6.54 Å². The van der Waals surface area contributed by atoms with E-state index in [2.05, 4.69) is 28.9 Å². The highest BCUT2D eigenvalue weighted by molar-refractivity contribution is 9.10. The van der Waals surface area contributed by atoms with E-state index in [1.165, 1.54) is 0 Å². The zero-order valence-corrected chi connectivity index (χ0v) is 13.4. The lowest BCUT2D eigenvalue weighted by Gasteiger charge is -2.25. The second-order valence-corrected chi connectivity index (χ2v) is 6.06. The Morgan fingerprint density at radius 2 is 1.75 bits per heavy atom. The van der Waals surface area contributed by atoms with Crippen molar-refractivity contribution < 1.29 is 5.11 Å². The minimum absolute atomic E-state index is 0.0870. The van der Waals surface area contributed by atoms with Crippen LogP contribution in [0.15, 0.2) is 46.9 Å². The summed E-state index contributed by atoms with van der Waals surface area (Å²) in [6, 6.07) is 14.0. The molecule has 2 rings (SSSR count). The van der Waals surface area contributed by atoms with Crippen molar-refractivity contribution in [2.45, 2.75) is 25.9 Å². The lowest BCUT2D eigenvalue weighted by atomic mass is 9.85. The van der Waals surface area contributed by atoms with E-state index in [9.17, 15) is 5.11 Å². The maximum Gasteiger partial charge on any atom is 0.0873 e. The summed E-state index contributed by atoms with van der Waals surface area (Å²) in [7, 11) is 0. The summed E-state index contributed by atoms with van der Waals surface area (Å²) in [6.45, 7) is 4.48. The fourth-order valence-electron chi connectivity index (χ4n) is 2.62. The summed E-state index contributed by atoms with van der Waals surface area (Å²) in [5.41, 5.74) is 10.2. The molecule has 0 saturated carbocycles. The number of aryl methyl sites for hydroxylation is 2. The first-order valence-electron chi connectivity index (χ1n) is 6.74. The van der Waals surface area contributed by atoms with Gasteiger partial charge in [-0.1, -0.05) is 46.3 Å². The van der Waals surface area contributed by atoms with Crippen LogP contribution >= 0.6 is 15.9 Å². The van der Waals surface area contributed by atoms with Crippen LogP contribution in [0.1, 0.15) is 34.3 Å². The third kappa shape index (κ3) is 3.11. The fourth-order valence-corrected chi connectivity index (χ4v) is 3.09. The molecule has 2 atom stereocenters. The fraction of sp³-hybridized carbons (Fsp3) is 0.294. The number of rotatable bonds is 4. The molecule has 3 N–H and O–H groups in total. The molecule has 2 unspecified atom stereocenters. The van der Waals surface area contributed by atoms with Gasteiger partial charge in [-0.15, -0.1) is 0 Å². The molecule has 2 aromatic carbocycles. The van der Waals surface area contributed by atoms with Crippen molar-refractivity contribution in [1.29, 1.82) is 0 Å². The van der Waals surface area contributed by atoms with Crippen molar-refractivity contribution in [3.63, 3.8) is 0 Å². The Morgan fingerprint density at radius 3 is 2.35 bits per heavy atom. The number of benzene rings is 2. The molecule has 0 bridgehead atoms. The molecule has 0 radical (unpaired) electrons. The van der Waals surface area contributed by atoms with Crippen molar-refractivity contribution in [3.8, 4) is 0 Å². The van der Waals surface area contributed by atoms with Gasteiger partial charge >= 0.3 is 0 Å². The average Bonchev–Trinajstić information content (AvgIpc) is 2.41. The van der Waals surface area contributed by atoms with E-state index < -0.39 is 6.10 Å². The Hall–Kier alpha value is -1.16. The molecule has 2 nitrogen and oxygen atoms in total. The van der Waals surface area contributed by atoms with Crippen LogP contribution in [0.5, 0.6) is 0 Å². The van der Waals surface area contributed by atoms with Gasteiger partial charge in [0.05, 0.1) is 6.10 Å². The Labute approximate surface area is 128 Å². The highest BCUT2D eigenvalue weighted by Crippen LogP contribution is 2.34. The SMILES string of the molecule is Cc1cc(Br)ccc1C(O)C(CN)c1ccccc1C. The average molecular weight is 334 g/mol. The molecule has 0 spiro atoms. The minimum atomic E-state index is -0.589. The topological polar surface area (TPSA) is 46.2 Å². The molecule has 0 heterocycles. The maximum absolute atomic E-state index is 10.7. The zero-order valence-electron chi connectivity index (χ0n) is 11.8. The Balaban J connectivity index is 2.39. The van der Waals surface area contributed by atoms with E-state index in [1.807, 2.05) is 43.3 Å². The van der Waals surface area contributed by atoms with Crippen LogP contribution in [-0.4, -0.2) is 11.7 Å². The van der Waals surface area contributed by atoms with Crippen LogP contribution in [0.3, 0.4) is 0 Å². The van der Waals surface area contributed by atoms with Crippen LogP contribution < -0.4 is 5.73 Å². The standard InChI is InChI=1S/C17H20BrNO/c1-11-5-3-4-6-14(11)16(10-19)17(20)15-8-7-13(18)9-12(15)2/h3-9,16-17,20H,10,19H2,1-2H3. The normalized spacial score (nSPS) is 14.1. The van der Waals surface area contributed by atoms with Crippen molar-refractivity contribution in [1.82, 2.24) is 0 Å². The summed E-state index contributed by atoms with van der Waals surface area (Å²) >= 11 is 3.45. The number of nitrogens with two attached hydrogens (primary N) is 1. The van der Waals surface area contributed by atoms with Gasteiger partial charge in [0.25, 0.3) is 0 Å². The zero-order chi connectivity index (χ0) is 14.7. The first-order chi connectivity index (χ1) is 9.54. The molecule has 0 fully saturated rings. The molecule has 0 amide bonds. The Morgan fingerprint density at radius 1 is 1.05 bits per heavy atom. The van der Waals surface area contributed by atoms with E-state index in [4.69, 9.17) is 5.73 Å². The Bertz CT molecular complexity index is 597. The van der Waals surface area contributed by atoms with Gasteiger partial charge in [-0.3, -0.25) is 0 Å². The molecular weight excluding hydrogens is 314 g/mol. The molecule has 0 aromatic heterocycles. The molecule has 3 heteroatoms. The van der Waals surface area contributed by atoms with Crippen LogP contribution in [0, 0.1) is 13.8 Å². The summed E-state index contributed by atoms with van der Waals surface area (Å²) in [5, 5.41) is 10.7. The second kappa shape index (κ2) is 6.53. The predicted molar refractivity (Wildman–Crippen MR) is 86.8 cm³/mol. The molecule has 20 heavy (non-hydrogen) atoms. The van der Waals surface area contributed by atoms with Crippen molar-refractivity contribution >= 4 is 15.9 Å². The molecule has 0 saturated heterocycles. The molecular formula is C17H20BrNO. The highest BCUT2D eigenvalue weighted by atomic mass is 79.9. The number of hydrogen-bond donors (Lipinski definition) is 2. The maximum atomic E-state index is 10.7. The van der Waals surface area contributed by atoms with Crippen LogP contribution in [0.25, 0.3) is 0 Å². The monoisotopic (exact) mass is 333 g/mol. The molecule has 0 aliphatic rings. The van der Waals surface area contributed by atoms with Gasteiger partial charge in [0.15, 0.2) is 0 Å². The van der Waals surface area contributed by atoms with Crippen molar-refractivity contribution in [3.05, 3.63) is 69.2 Å². The number of aliphatic hydroxyl groups excluding tert-OH is 1. The smallest absolute Gasteiger partial charge is 0.0873 e. The summed E-state index contributed by atoms with van der Waals surface area (Å²) in [4.78, 5) is 0. The summed E-state index contributed by atoms with van der Waals surface area (Å²) < 4.78 is 1.02. The third-order valence-electron chi connectivity index (χ3n) is 3.77. The van der Waals surface area contributed by atoms with E-state index in [-0.39, 0.29) is 5.92 Å². The van der Waals surface area contributed by atoms with E-state index in [1.54, 1.807) is 0 Å². The van der Waals surface area contributed by atoms with Crippen molar-refractivity contribution in [2.24, 2.45) is 5.73 Å². The minimum Gasteiger partial charge on any atom is -0.388 e. The lowest BCUT2D eigenvalue weighted by Crippen LogP contribution is -2.21. The van der Waals surface area contributed by atoms with Gasteiger partial charge in [-0.05, 0) is 48.2 Å². The first-order valence-corrected chi connectivity index (χ1v) is 7.53. The first kappa shape index (κ1) is 15.2. The molecule has 0 aliphatic carbocycles. The van der Waals surface area contributed by atoms with Gasteiger partial charge in [0.2, 0.25) is 0 Å². The van der Waals surface area contributed by atoms with Gasteiger partial charge in [-0.2, -0.15) is 0 Å². The van der Waals surface area contributed by atoms with Gasteiger partial charge in [0, 0.05) is 16.9 Å². The third-order valence-corrected chi connectivity index (χ3v) is 4.27. The van der Waals surface area contributed by atoms with E-state index in [0.29, 0.717) is 6.54 Å². The predicted octanol–water partition coefficient (Wildman–Crippen LogP) is 3.84. The second-order valence-electron chi connectivity index (χ2n) is 5.14. The number of halogens is 1. The molecule has 0 aliphatic heterocycles. The summed E-state index contributed by atoms with van der Waals surface area (Å²) in [5.74, 6) is -0.0870. The van der Waals surface area contributed by atoms with E-state index >= 15 is 0 Å². The Kier molecular flexibility index (Phi) is 4.97. The molecule has 2 aromatic rings. The number of aliphatic hydroxyl groups is 1. The van der Waals surface area contributed by atoms with Crippen LogP contribution in [-0.2, 0) is 0 Å². The lowest BCUT2D eigenvalue weighted by molar-refractivity contribution is 0.146. The van der Waals surface area contributed by atoms with Gasteiger partial charge in [-0.25, -0.2) is 0 Å². The van der Waals surface area contributed by atoms with Crippen LogP contribution in [0.2, 0.25) is 0 Å². The largest absolute Gasteiger partial charge is 0.388 e.